The summed E-state index contributed by atoms with van der Waals surface area (Å²) in [5.74, 6) is 1.68. The van der Waals surface area contributed by atoms with Gasteiger partial charge in [0.2, 0.25) is 5.91 Å². The monoisotopic (exact) mass is 519 g/mol. The molecule has 0 bridgehead atoms. The van der Waals surface area contributed by atoms with Crippen LogP contribution in [0.15, 0.2) is 29.3 Å². The van der Waals surface area contributed by atoms with Crippen molar-refractivity contribution in [1.82, 2.24) is 20.0 Å². The molecule has 1 aromatic carbocycles. The fourth-order valence-corrected chi connectivity index (χ4v) is 3.08. The first-order chi connectivity index (χ1) is 13.4. The lowest BCUT2D eigenvalue weighted by molar-refractivity contribution is -0.131. The Morgan fingerprint density at radius 2 is 1.76 bits per heavy atom. The highest BCUT2D eigenvalue weighted by atomic mass is 127. The molecule has 0 saturated carbocycles. The quantitative estimate of drug-likeness (QED) is 0.293. The van der Waals surface area contributed by atoms with E-state index in [0.29, 0.717) is 26.2 Å². The summed E-state index contributed by atoms with van der Waals surface area (Å²) in [6.45, 7) is 9.05. The summed E-state index contributed by atoms with van der Waals surface area (Å²) >= 11 is 0. The van der Waals surface area contributed by atoms with E-state index in [1.165, 1.54) is 0 Å². The van der Waals surface area contributed by atoms with Gasteiger partial charge in [-0.2, -0.15) is 0 Å². The molecule has 8 heteroatoms. The molecule has 0 aromatic heterocycles. The number of nitrogens with one attached hydrogen (secondary N) is 1. The van der Waals surface area contributed by atoms with E-state index in [-0.39, 0.29) is 35.9 Å². The molecule has 166 valence electrons. The number of guanidine groups is 1. The van der Waals surface area contributed by atoms with E-state index in [0.717, 1.165) is 23.8 Å². The molecular weight excluding hydrogens is 481 g/mol. The molecule has 1 atom stereocenters. The molecule has 1 rings (SSSR count). The number of carbonyl (C=O) groups excluding carboxylic acids is 1. The first-order valence-electron chi connectivity index (χ1n) is 9.95. The lowest BCUT2D eigenvalue weighted by atomic mass is 10.0. The van der Waals surface area contributed by atoms with Crippen molar-refractivity contribution in [2.75, 3.05) is 61.0 Å². The number of rotatable bonds is 10. The summed E-state index contributed by atoms with van der Waals surface area (Å²) in [5.41, 5.74) is 1.09. The van der Waals surface area contributed by atoms with Gasteiger partial charge in [0, 0.05) is 32.2 Å². The third kappa shape index (κ3) is 8.38. The molecule has 1 N–H and O–H groups in total. The Morgan fingerprint density at radius 3 is 2.28 bits per heavy atom. The molecule has 1 unspecified atom stereocenters. The zero-order valence-electron chi connectivity index (χ0n) is 18.9. The number of hydrogen-bond donors (Lipinski definition) is 1. The van der Waals surface area contributed by atoms with Crippen LogP contribution in [0.5, 0.6) is 5.75 Å². The lowest BCUT2D eigenvalue weighted by Gasteiger charge is -2.28. The summed E-state index contributed by atoms with van der Waals surface area (Å²) in [4.78, 5) is 23.1. The summed E-state index contributed by atoms with van der Waals surface area (Å²) in [5, 5.41) is 3.29. The maximum absolute atomic E-state index is 12.5. The Bertz CT molecular complexity index is 635. The van der Waals surface area contributed by atoms with Gasteiger partial charge in [-0.1, -0.05) is 18.2 Å². The van der Waals surface area contributed by atoms with Crippen molar-refractivity contribution in [3.8, 4) is 5.75 Å². The van der Waals surface area contributed by atoms with E-state index in [1.807, 2.05) is 69.9 Å². The number of hydrogen-bond acceptors (Lipinski definition) is 4. The van der Waals surface area contributed by atoms with E-state index in [4.69, 9.17) is 9.73 Å². The highest BCUT2D eigenvalue weighted by Crippen LogP contribution is 2.28. The summed E-state index contributed by atoms with van der Waals surface area (Å²) in [6.07, 6.45) is 0. The van der Waals surface area contributed by atoms with Gasteiger partial charge in [-0.05, 0) is 40.9 Å². The minimum absolute atomic E-state index is 0. The Kier molecular flexibility index (Phi) is 13.7. The Balaban J connectivity index is 0.00000784. The standard InChI is InChI=1S/C21H37N5O2.HI/c1-8-22-21(25(6)16-20(27)26(9-2)10-3)23-15-18(24(4)5)17-13-11-12-14-19(17)28-7;/h11-14,18H,8-10,15-16H2,1-7H3,(H,22,23);1H. The molecule has 0 spiro atoms. The second-order valence-corrected chi connectivity index (χ2v) is 6.84. The first-order valence-corrected chi connectivity index (χ1v) is 9.95. The van der Waals surface area contributed by atoms with Crippen molar-refractivity contribution in [3.63, 3.8) is 0 Å². The van der Waals surface area contributed by atoms with Gasteiger partial charge in [0.25, 0.3) is 0 Å². The molecule has 0 heterocycles. The fraction of sp³-hybridized carbons (Fsp3) is 0.619. The van der Waals surface area contributed by atoms with Crippen LogP contribution in [-0.2, 0) is 4.79 Å². The van der Waals surface area contributed by atoms with Gasteiger partial charge in [0.1, 0.15) is 5.75 Å². The van der Waals surface area contributed by atoms with Crippen molar-refractivity contribution in [3.05, 3.63) is 29.8 Å². The fourth-order valence-electron chi connectivity index (χ4n) is 3.08. The van der Waals surface area contributed by atoms with Gasteiger partial charge in [-0.15, -0.1) is 24.0 Å². The number of methoxy groups -OCH3 is 1. The normalized spacial score (nSPS) is 12.2. The van der Waals surface area contributed by atoms with Crippen LogP contribution in [0, 0.1) is 0 Å². The number of benzene rings is 1. The Morgan fingerprint density at radius 1 is 1.14 bits per heavy atom. The first kappa shape index (κ1) is 27.5. The van der Waals surface area contributed by atoms with E-state index >= 15 is 0 Å². The lowest BCUT2D eigenvalue weighted by Crippen LogP contribution is -2.46. The van der Waals surface area contributed by atoms with Crippen molar-refractivity contribution in [2.24, 2.45) is 4.99 Å². The van der Waals surface area contributed by atoms with Crippen LogP contribution in [0.25, 0.3) is 0 Å². The molecule has 1 aromatic rings. The number of halogens is 1. The predicted octanol–water partition coefficient (Wildman–Crippen LogP) is 2.68. The third-order valence-corrected chi connectivity index (χ3v) is 4.72. The minimum Gasteiger partial charge on any atom is -0.496 e. The molecule has 0 saturated heterocycles. The average molecular weight is 519 g/mol. The van der Waals surface area contributed by atoms with Crippen LogP contribution in [0.1, 0.15) is 32.4 Å². The van der Waals surface area contributed by atoms with Crippen LogP contribution in [0.2, 0.25) is 0 Å². The van der Waals surface area contributed by atoms with Gasteiger partial charge in [-0.3, -0.25) is 9.79 Å². The van der Waals surface area contributed by atoms with Crippen molar-refractivity contribution >= 4 is 35.8 Å². The number of para-hydroxylation sites is 1. The molecule has 0 aliphatic rings. The van der Waals surface area contributed by atoms with E-state index in [2.05, 4.69) is 16.3 Å². The Hall–Kier alpha value is -1.55. The predicted molar refractivity (Wildman–Crippen MR) is 131 cm³/mol. The van der Waals surface area contributed by atoms with Gasteiger partial charge < -0.3 is 24.8 Å². The number of amides is 1. The minimum atomic E-state index is 0. The van der Waals surface area contributed by atoms with E-state index in [1.54, 1.807) is 7.11 Å². The van der Waals surface area contributed by atoms with Crippen LogP contribution < -0.4 is 10.1 Å². The van der Waals surface area contributed by atoms with Gasteiger partial charge in [0.05, 0.1) is 26.2 Å². The molecule has 0 radical (unpaired) electrons. The van der Waals surface area contributed by atoms with Crippen molar-refractivity contribution in [2.45, 2.75) is 26.8 Å². The van der Waals surface area contributed by atoms with E-state index in [9.17, 15) is 4.79 Å². The van der Waals surface area contributed by atoms with Crippen LogP contribution in [-0.4, -0.2) is 87.5 Å². The maximum atomic E-state index is 12.5. The molecule has 0 aliphatic carbocycles. The largest absolute Gasteiger partial charge is 0.496 e. The average Bonchev–Trinajstić information content (AvgIpc) is 2.68. The van der Waals surface area contributed by atoms with Crippen molar-refractivity contribution < 1.29 is 9.53 Å². The van der Waals surface area contributed by atoms with Crippen molar-refractivity contribution in [1.29, 1.82) is 0 Å². The van der Waals surface area contributed by atoms with Gasteiger partial charge >= 0.3 is 0 Å². The van der Waals surface area contributed by atoms with Crippen LogP contribution in [0.4, 0.5) is 0 Å². The molecule has 0 fully saturated rings. The molecule has 1 amide bonds. The molecule has 7 nitrogen and oxygen atoms in total. The van der Waals surface area contributed by atoms with Gasteiger partial charge in [0.15, 0.2) is 5.96 Å². The second-order valence-electron chi connectivity index (χ2n) is 6.84. The highest BCUT2D eigenvalue weighted by Gasteiger charge is 2.20. The zero-order chi connectivity index (χ0) is 21.1. The number of ether oxygens (including phenoxy) is 1. The topological polar surface area (TPSA) is 60.4 Å². The number of aliphatic imine (C=N–C) groups is 1. The Labute approximate surface area is 193 Å². The smallest absolute Gasteiger partial charge is 0.242 e. The third-order valence-electron chi connectivity index (χ3n) is 4.72. The highest BCUT2D eigenvalue weighted by molar-refractivity contribution is 14.0. The SMILES string of the molecule is CCNC(=NCC(c1ccccc1OC)N(C)C)N(C)CC(=O)N(CC)CC.I. The summed E-state index contributed by atoms with van der Waals surface area (Å²) < 4.78 is 5.53. The number of carbonyl (C=O) groups is 1. The number of likely N-dealkylation sites (N-methyl/N-ethyl adjacent to an activating group) is 3. The maximum Gasteiger partial charge on any atom is 0.242 e. The second kappa shape index (κ2) is 14.4. The van der Waals surface area contributed by atoms with Gasteiger partial charge in [-0.25, -0.2) is 0 Å². The van der Waals surface area contributed by atoms with Crippen LogP contribution >= 0.6 is 24.0 Å². The zero-order valence-corrected chi connectivity index (χ0v) is 21.3. The van der Waals surface area contributed by atoms with E-state index < -0.39 is 0 Å². The number of nitrogens with zero attached hydrogens (tertiary/aromatic N) is 4. The summed E-state index contributed by atoms with van der Waals surface area (Å²) in [6, 6.07) is 8.08. The molecule has 0 aliphatic heterocycles. The van der Waals surface area contributed by atoms with Crippen LogP contribution in [0.3, 0.4) is 0 Å². The summed E-state index contributed by atoms with van der Waals surface area (Å²) in [7, 11) is 7.66. The molecule has 29 heavy (non-hydrogen) atoms. The molecular formula is C21H38IN5O2.